The van der Waals surface area contributed by atoms with Gasteiger partial charge < -0.3 is 30.4 Å². The molecule has 32 heavy (non-hydrogen) atoms. The first-order chi connectivity index (χ1) is 15.5. The summed E-state index contributed by atoms with van der Waals surface area (Å²) in [6.45, 7) is 3.63. The van der Waals surface area contributed by atoms with Crippen LogP contribution in [0.25, 0.3) is 0 Å². The predicted octanol–water partition coefficient (Wildman–Crippen LogP) is 3.04. The number of methoxy groups -OCH3 is 1. The largest absolute Gasteiger partial charge is 0.495 e. The number of nitrogens with zero attached hydrogens (tertiary/aromatic N) is 1. The average molecular weight is 437 g/mol. The Balaban J connectivity index is 1.56. The summed E-state index contributed by atoms with van der Waals surface area (Å²) in [4.78, 5) is 24.2. The molecule has 0 radical (unpaired) electrons. The minimum atomic E-state index is -0.247. The van der Waals surface area contributed by atoms with Crippen molar-refractivity contribution >= 4 is 30.0 Å². The maximum absolute atomic E-state index is 11.7. The third kappa shape index (κ3) is 5.15. The molecule has 0 bridgehead atoms. The van der Waals surface area contributed by atoms with E-state index in [0.717, 1.165) is 41.8 Å². The van der Waals surface area contributed by atoms with Crippen LogP contribution < -0.4 is 20.3 Å². The summed E-state index contributed by atoms with van der Waals surface area (Å²) >= 11 is 0. The normalized spacial score (nSPS) is 12.7. The van der Waals surface area contributed by atoms with E-state index in [9.17, 15) is 9.59 Å². The van der Waals surface area contributed by atoms with Gasteiger partial charge in [-0.25, -0.2) is 4.79 Å². The van der Waals surface area contributed by atoms with Crippen LogP contribution in [0, 0.1) is 12.3 Å². The van der Waals surface area contributed by atoms with Crippen LogP contribution in [-0.2, 0) is 22.6 Å². The van der Waals surface area contributed by atoms with E-state index in [1.807, 2.05) is 31.2 Å². The molecule has 0 fully saturated rings. The van der Waals surface area contributed by atoms with E-state index >= 15 is 0 Å². The van der Waals surface area contributed by atoms with E-state index in [4.69, 9.17) is 14.9 Å². The summed E-state index contributed by atoms with van der Waals surface area (Å²) in [6, 6.07) is 9.26. The quantitative estimate of drug-likeness (QED) is 0.217. The van der Waals surface area contributed by atoms with E-state index in [2.05, 4.69) is 10.6 Å². The van der Waals surface area contributed by atoms with Crippen molar-refractivity contribution < 1.29 is 19.1 Å². The van der Waals surface area contributed by atoms with Crippen LogP contribution in [0.3, 0.4) is 0 Å². The molecule has 0 saturated heterocycles. The summed E-state index contributed by atoms with van der Waals surface area (Å²) in [5.41, 5.74) is 6.13. The van der Waals surface area contributed by atoms with Crippen molar-refractivity contribution in [2.45, 2.75) is 20.0 Å². The van der Waals surface area contributed by atoms with Crippen LogP contribution >= 0.6 is 0 Å². The maximum Gasteiger partial charge on any atom is 0.338 e. The minimum absolute atomic E-state index is 0.247. The van der Waals surface area contributed by atoms with Gasteiger partial charge in [0.05, 0.1) is 18.4 Å². The van der Waals surface area contributed by atoms with Crippen LogP contribution in [-0.4, -0.2) is 45.8 Å². The first kappa shape index (κ1) is 23.0. The molecule has 0 saturated carbocycles. The van der Waals surface area contributed by atoms with Crippen LogP contribution in [0.5, 0.6) is 5.75 Å². The molecule has 2 aromatic rings. The molecule has 1 aliphatic heterocycles. The van der Waals surface area contributed by atoms with Gasteiger partial charge in [0.1, 0.15) is 12.4 Å². The van der Waals surface area contributed by atoms with Crippen LogP contribution in [0.2, 0.25) is 0 Å². The van der Waals surface area contributed by atoms with Crippen molar-refractivity contribution in [3.63, 3.8) is 0 Å². The number of benzene rings is 2. The molecule has 0 unspecified atom stereocenters. The van der Waals surface area contributed by atoms with Crippen LogP contribution in [0.4, 0.5) is 11.4 Å². The molecule has 1 aliphatic rings. The monoisotopic (exact) mass is 436 g/mol. The molecule has 3 N–H and O–H groups in total. The lowest BCUT2D eigenvalue weighted by molar-refractivity contribution is -0.107. The molecule has 0 aliphatic carbocycles. The molecule has 1 amide bonds. The molecule has 168 valence electrons. The number of hydrogen-bond donors (Lipinski definition) is 3. The molecule has 0 spiro atoms. The standard InChI is InChI=1S/C24H28N4O4/c1-16-18(4-6-20-21(16)14-32-24(20)30)8-9-26-12-17(11-25)13-27-19-5-7-23(31-3)22(10-19)28(2)15-29/h4-7,10-11,13,15,25-27H,8-9,12,14H2,1-3H3/b17-13+,25-11?. The van der Waals surface area contributed by atoms with Gasteiger partial charge in [-0.1, -0.05) is 6.07 Å². The molecule has 0 atom stereocenters. The molecule has 2 aromatic carbocycles. The zero-order valence-electron chi connectivity index (χ0n) is 18.5. The fourth-order valence-corrected chi connectivity index (χ4v) is 3.56. The van der Waals surface area contributed by atoms with Gasteiger partial charge in [0.25, 0.3) is 0 Å². The summed E-state index contributed by atoms with van der Waals surface area (Å²) in [5.74, 6) is 0.351. The van der Waals surface area contributed by atoms with Gasteiger partial charge in [0, 0.05) is 37.3 Å². The molecular formula is C24H28N4O4. The first-order valence-corrected chi connectivity index (χ1v) is 10.3. The molecule has 8 nitrogen and oxygen atoms in total. The van der Waals surface area contributed by atoms with Gasteiger partial charge in [-0.3, -0.25) is 4.79 Å². The SMILES string of the molecule is COc1ccc(N/C=C(\C=N)CNCCc2ccc3c(c2C)COC3=O)cc1N(C)C=O. The highest BCUT2D eigenvalue weighted by Gasteiger charge is 2.23. The second-order valence-corrected chi connectivity index (χ2v) is 7.49. The van der Waals surface area contributed by atoms with E-state index in [-0.39, 0.29) is 5.97 Å². The number of amides is 1. The van der Waals surface area contributed by atoms with Gasteiger partial charge in [0.2, 0.25) is 6.41 Å². The Kier molecular flexibility index (Phi) is 7.62. The van der Waals surface area contributed by atoms with E-state index in [0.29, 0.717) is 30.2 Å². The van der Waals surface area contributed by atoms with Gasteiger partial charge in [-0.2, -0.15) is 0 Å². The Morgan fingerprint density at radius 2 is 2.12 bits per heavy atom. The third-order valence-electron chi connectivity index (χ3n) is 5.50. The van der Waals surface area contributed by atoms with E-state index < -0.39 is 0 Å². The minimum Gasteiger partial charge on any atom is -0.495 e. The summed E-state index contributed by atoms with van der Waals surface area (Å²) in [5, 5.41) is 14.2. The van der Waals surface area contributed by atoms with Crippen LogP contribution in [0.1, 0.15) is 27.0 Å². The first-order valence-electron chi connectivity index (χ1n) is 10.3. The molecule has 0 aromatic heterocycles. The van der Waals surface area contributed by atoms with E-state index in [1.165, 1.54) is 16.7 Å². The lowest BCUT2D eigenvalue weighted by Crippen LogP contribution is -2.21. The molecule has 8 heteroatoms. The topological polar surface area (TPSA) is 104 Å². The number of rotatable bonds is 11. The zero-order chi connectivity index (χ0) is 23.1. The third-order valence-corrected chi connectivity index (χ3v) is 5.50. The Morgan fingerprint density at radius 3 is 2.84 bits per heavy atom. The number of anilines is 2. The van der Waals surface area contributed by atoms with Gasteiger partial charge >= 0.3 is 5.97 Å². The van der Waals surface area contributed by atoms with Gasteiger partial charge in [-0.05, 0) is 60.9 Å². The zero-order valence-corrected chi connectivity index (χ0v) is 18.5. The average Bonchev–Trinajstić information content (AvgIpc) is 3.20. The number of carbonyl (C=O) groups is 2. The summed E-state index contributed by atoms with van der Waals surface area (Å²) < 4.78 is 10.4. The number of hydrogen-bond acceptors (Lipinski definition) is 7. The highest BCUT2D eigenvalue weighted by molar-refractivity contribution is 5.94. The second-order valence-electron chi connectivity index (χ2n) is 7.49. The van der Waals surface area contributed by atoms with Gasteiger partial charge in [-0.15, -0.1) is 0 Å². The van der Waals surface area contributed by atoms with Crippen molar-refractivity contribution in [2.24, 2.45) is 0 Å². The lowest BCUT2D eigenvalue weighted by Gasteiger charge is -2.16. The number of cyclic esters (lactones) is 1. The maximum atomic E-state index is 11.7. The Hall–Kier alpha value is -3.65. The number of ether oxygens (including phenoxy) is 2. The smallest absolute Gasteiger partial charge is 0.338 e. The second kappa shape index (κ2) is 10.6. The molecule has 1 heterocycles. The van der Waals surface area contributed by atoms with Crippen molar-refractivity contribution in [1.82, 2.24) is 5.32 Å². The Labute approximate surface area is 187 Å². The fourth-order valence-electron chi connectivity index (χ4n) is 3.56. The Bertz CT molecular complexity index is 1050. The summed E-state index contributed by atoms with van der Waals surface area (Å²) in [7, 11) is 3.21. The fraction of sp³-hybridized carbons (Fsp3) is 0.292. The number of nitrogens with one attached hydrogen (secondary N) is 3. The van der Waals surface area contributed by atoms with Gasteiger partial charge in [0.15, 0.2) is 0 Å². The highest BCUT2D eigenvalue weighted by atomic mass is 16.5. The molecule has 3 rings (SSSR count). The number of fused-ring (bicyclic) bond motifs is 1. The van der Waals surface area contributed by atoms with Crippen LogP contribution in [0.15, 0.2) is 42.1 Å². The van der Waals surface area contributed by atoms with Crippen molar-refractivity contribution in [1.29, 1.82) is 5.41 Å². The number of carbonyl (C=O) groups excluding carboxylic acids is 2. The Morgan fingerprint density at radius 1 is 1.31 bits per heavy atom. The van der Waals surface area contributed by atoms with E-state index in [1.54, 1.807) is 26.4 Å². The lowest BCUT2D eigenvalue weighted by atomic mass is 9.97. The van der Waals surface area contributed by atoms with Crippen molar-refractivity contribution in [3.05, 3.63) is 64.4 Å². The number of esters is 1. The highest BCUT2D eigenvalue weighted by Crippen LogP contribution is 2.30. The predicted molar refractivity (Wildman–Crippen MR) is 125 cm³/mol. The molecular weight excluding hydrogens is 408 g/mol. The van der Waals surface area contributed by atoms with Crippen molar-refractivity contribution in [3.8, 4) is 5.75 Å². The van der Waals surface area contributed by atoms with Crippen molar-refractivity contribution in [2.75, 3.05) is 37.5 Å². The summed E-state index contributed by atoms with van der Waals surface area (Å²) in [6.07, 6.45) is 4.59.